The number of nitrogens with one attached hydrogen (secondary N) is 1. The molecule has 0 radical (unpaired) electrons. The number of aromatic nitrogens is 1. The first-order valence-corrected chi connectivity index (χ1v) is 9.75. The van der Waals surface area contributed by atoms with E-state index in [9.17, 15) is 9.18 Å². The number of thiazole rings is 1. The van der Waals surface area contributed by atoms with Crippen molar-refractivity contribution in [2.45, 2.75) is 26.2 Å². The zero-order chi connectivity index (χ0) is 19.1. The molecule has 0 aliphatic carbocycles. The quantitative estimate of drug-likeness (QED) is 0.536. The Morgan fingerprint density at radius 3 is 2.59 bits per heavy atom. The molecule has 0 spiro atoms. The average molecular weight is 384 g/mol. The first-order valence-electron chi connectivity index (χ1n) is 8.87. The molecule has 0 atom stereocenters. The van der Waals surface area contributed by atoms with Crippen LogP contribution in [0, 0.1) is 5.82 Å². The van der Waals surface area contributed by atoms with Gasteiger partial charge in [-0.1, -0.05) is 19.1 Å². The lowest BCUT2D eigenvalue weighted by molar-refractivity contribution is -0.116. The van der Waals surface area contributed by atoms with E-state index in [1.54, 1.807) is 12.1 Å². The van der Waals surface area contributed by atoms with Gasteiger partial charge in [0, 0.05) is 17.4 Å². The second-order valence-electron chi connectivity index (χ2n) is 6.04. The number of hydrogen-bond donors (Lipinski definition) is 1. The van der Waals surface area contributed by atoms with Gasteiger partial charge in [-0.25, -0.2) is 9.37 Å². The normalized spacial score (nSPS) is 10.6. The lowest BCUT2D eigenvalue weighted by atomic mass is 10.2. The van der Waals surface area contributed by atoms with Crippen LogP contribution in [0.5, 0.6) is 5.75 Å². The topological polar surface area (TPSA) is 51.2 Å². The summed E-state index contributed by atoms with van der Waals surface area (Å²) in [4.78, 5) is 16.4. The number of rotatable bonds is 8. The number of halogens is 1. The van der Waals surface area contributed by atoms with Crippen molar-refractivity contribution in [1.82, 2.24) is 4.98 Å². The molecule has 0 fully saturated rings. The van der Waals surface area contributed by atoms with Gasteiger partial charge in [0.15, 0.2) is 5.13 Å². The fraction of sp³-hybridized carbons (Fsp3) is 0.238. The maximum absolute atomic E-state index is 13.0. The molecule has 1 aromatic heterocycles. The van der Waals surface area contributed by atoms with E-state index in [1.165, 1.54) is 29.0 Å². The van der Waals surface area contributed by atoms with E-state index < -0.39 is 0 Å². The van der Waals surface area contributed by atoms with Crippen molar-refractivity contribution >= 4 is 22.4 Å². The second-order valence-corrected chi connectivity index (χ2v) is 6.90. The van der Waals surface area contributed by atoms with E-state index in [2.05, 4.69) is 17.2 Å². The summed E-state index contributed by atoms with van der Waals surface area (Å²) in [6, 6.07) is 14.1. The second kappa shape index (κ2) is 9.28. The highest BCUT2D eigenvalue weighted by Gasteiger charge is 2.08. The zero-order valence-corrected chi connectivity index (χ0v) is 15.9. The highest BCUT2D eigenvalue weighted by atomic mass is 32.1. The molecule has 140 valence electrons. The van der Waals surface area contributed by atoms with Crippen LogP contribution in [0.4, 0.5) is 9.52 Å². The number of carbonyl (C=O) groups is 1. The predicted octanol–water partition coefficient (Wildman–Crippen LogP) is 5.31. The van der Waals surface area contributed by atoms with E-state index in [1.807, 2.05) is 29.6 Å². The van der Waals surface area contributed by atoms with Crippen LogP contribution in [0.15, 0.2) is 53.9 Å². The Kier molecular flexibility index (Phi) is 6.54. The molecule has 27 heavy (non-hydrogen) atoms. The largest absolute Gasteiger partial charge is 0.494 e. The maximum Gasteiger partial charge on any atom is 0.226 e. The SMILES string of the molecule is CCc1ccc(OCCCC(=O)Nc2nc(-c3ccc(F)cc3)cs2)cc1. The van der Waals surface area contributed by atoms with E-state index in [4.69, 9.17) is 4.74 Å². The number of ether oxygens (including phenoxy) is 1. The molecular formula is C21H21FN2O2S. The Hall–Kier alpha value is -2.73. The van der Waals surface area contributed by atoms with Crippen LogP contribution >= 0.6 is 11.3 Å². The van der Waals surface area contributed by atoms with Crippen LogP contribution in [0.25, 0.3) is 11.3 Å². The van der Waals surface area contributed by atoms with Crippen LogP contribution < -0.4 is 10.1 Å². The molecule has 0 unspecified atom stereocenters. The maximum atomic E-state index is 13.0. The minimum absolute atomic E-state index is 0.0973. The molecule has 2 aromatic carbocycles. The van der Waals surface area contributed by atoms with Gasteiger partial charge in [0.05, 0.1) is 12.3 Å². The summed E-state index contributed by atoms with van der Waals surface area (Å²) >= 11 is 1.35. The molecular weight excluding hydrogens is 363 g/mol. The minimum Gasteiger partial charge on any atom is -0.494 e. The van der Waals surface area contributed by atoms with Crippen molar-refractivity contribution in [1.29, 1.82) is 0 Å². The van der Waals surface area contributed by atoms with E-state index in [0.717, 1.165) is 17.7 Å². The van der Waals surface area contributed by atoms with Crippen LogP contribution in [-0.2, 0) is 11.2 Å². The van der Waals surface area contributed by atoms with Crippen molar-refractivity contribution in [2.24, 2.45) is 0 Å². The van der Waals surface area contributed by atoms with Gasteiger partial charge in [-0.05, 0) is 54.8 Å². The molecule has 1 heterocycles. The fourth-order valence-electron chi connectivity index (χ4n) is 2.51. The minimum atomic E-state index is -0.286. The number of hydrogen-bond acceptors (Lipinski definition) is 4. The van der Waals surface area contributed by atoms with Gasteiger partial charge < -0.3 is 10.1 Å². The summed E-state index contributed by atoms with van der Waals surface area (Å²) in [5.74, 6) is 0.433. The first kappa shape index (κ1) is 19.0. The molecule has 3 aromatic rings. The smallest absolute Gasteiger partial charge is 0.226 e. The molecule has 6 heteroatoms. The van der Waals surface area contributed by atoms with Gasteiger partial charge in [0.2, 0.25) is 5.91 Å². The Bertz CT molecular complexity index is 876. The summed E-state index contributed by atoms with van der Waals surface area (Å²) < 4.78 is 18.6. The van der Waals surface area contributed by atoms with Crippen molar-refractivity contribution in [3.05, 3.63) is 65.3 Å². The highest BCUT2D eigenvalue weighted by molar-refractivity contribution is 7.14. The third-order valence-corrected chi connectivity index (χ3v) is 4.80. The zero-order valence-electron chi connectivity index (χ0n) is 15.1. The summed E-state index contributed by atoms with van der Waals surface area (Å²) in [5.41, 5.74) is 2.80. The molecule has 0 bridgehead atoms. The van der Waals surface area contributed by atoms with Crippen molar-refractivity contribution < 1.29 is 13.9 Å². The fourth-order valence-corrected chi connectivity index (χ4v) is 3.25. The Balaban J connectivity index is 1.42. The Morgan fingerprint density at radius 2 is 1.89 bits per heavy atom. The number of aryl methyl sites for hydroxylation is 1. The standard InChI is InChI=1S/C21H21FN2O2S/c1-2-15-5-11-18(12-6-15)26-13-3-4-20(25)24-21-23-19(14-27-21)16-7-9-17(22)10-8-16/h5-12,14H,2-4,13H2,1H3,(H,23,24,25). The Morgan fingerprint density at radius 1 is 1.15 bits per heavy atom. The first-order chi connectivity index (χ1) is 13.1. The lowest BCUT2D eigenvalue weighted by Gasteiger charge is -2.06. The number of benzene rings is 2. The third kappa shape index (κ3) is 5.62. The molecule has 3 rings (SSSR count). The van der Waals surface area contributed by atoms with Crippen molar-refractivity contribution in [3.8, 4) is 17.0 Å². The van der Waals surface area contributed by atoms with Crippen LogP contribution in [0.3, 0.4) is 0 Å². The molecule has 0 aliphatic rings. The van der Waals surface area contributed by atoms with E-state index >= 15 is 0 Å². The predicted molar refractivity (Wildman–Crippen MR) is 107 cm³/mol. The van der Waals surface area contributed by atoms with Gasteiger partial charge in [0.1, 0.15) is 11.6 Å². The molecule has 1 amide bonds. The molecule has 0 saturated carbocycles. The van der Waals surface area contributed by atoms with Gasteiger partial charge in [0.25, 0.3) is 0 Å². The van der Waals surface area contributed by atoms with Gasteiger partial charge in [-0.2, -0.15) is 0 Å². The number of anilines is 1. The molecule has 1 N–H and O–H groups in total. The van der Waals surface area contributed by atoms with Gasteiger partial charge in [-0.3, -0.25) is 4.79 Å². The summed E-state index contributed by atoms with van der Waals surface area (Å²) in [6.45, 7) is 2.59. The van der Waals surface area contributed by atoms with Gasteiger partial charge in [-0.15, -0.1) is 11.3 Å². The highest BCUT2D eigenvalue weighted by Crippen LogP contribution is 2.25. The van der Waals surface area contributed by atoms with E-state index in [0.29, 0.717) is 30.3 Å². The van der Waals surface area contributed by atoms with Gasteiger partial charge >= 0.3 is 0 Å². The van der Waals surface area contributed by atoms with E-state index in [-0.39, 0.29) is 11.7 Å². The average Bonchev–Trinajstić information content (AvgIpc) is 3.14. The lowest BCUT2D eigenvalue weighted by Crippen LogP contribution is -2.12. The van der Waals surface area contributed by atoms with Crippen molar-refractivity contribution in [2.75, 3.05) is 11.9 Å². The van der Waals surface area contributed by atoms with Crippen LogP contribution in [-0.4, -0.2) is 17.5 Å². The molecule has 0 aliphatic heterocycles. The summed E-state index contributed by atoms with van der Waals surface area (Å²) in [7, 11) is 0. The monoisotopic (exact) mass is 384 g/mol. The van der Waals surface area contributed by atoms with Crippen LogP contribution in [0.2, 0.25) is 0 Å². The van der Waals surface area contributed by atoms with Crippen molar-refractivity contribution in [3.63, 3.8) is 0 Å². The number of carbonyl (C=O) groups excluding carboxylic acids is 1. The number of nitrogens with zero attached hydrogens (tertiary/aromatic N) is 1. The van der Waals surface area contributed by atoms with Crippen LogP contribution in [0.1, 0.15) is 25.3 Å². The molecule has 4 nitrogen and oxygen atoms in total. The Labute approximate surface area is 162 Å². The summed E-state index contributed by atoms with van der Waals surface area (Å²) in [6.07, 6.45) is 1.98. The molecule has 0 saturated heterocycles. The number of amides is 1. The summed E-state index contributed by atoms with van der Waals surface area (Å²) in [5, 5.41) is 5.17. The third-order valence-electron chi connectivity index (χ3n) is 4.04.